The van der Waals surface area contributed by atoms with Crippen LogP contribution >= 0.6 is 0 Å². The van der Waals surface area contributed by atoms with E-state index in [1.165, 1.54) is 0 Å². The van der Waals surface area contributed by atoms with Gasteiger partial charge in [-0.3, -0.25) is 4.79 Å². The highest BCUT2D eigenvalue weighted by atomic mass is 16.5. The van der Waals surface area contributed by atoms with Crippen molar-refractivity contribution >= 4 is 5.97 Å². The van der Waals surface area contributed by atoms with E-state index in [-0.39, 0.29) is 16.8 Å². The zero-order valence-corrected chi connectivity index (χ0v) is 13.6. The Morgan fingerprint density at radius 1 is 1.11 bits per heavy atom. The van der Waals surface area contributed by atoms with E-state index in [0.29, 0.717) is 18.4 Å². The molecule has 0 aromatic heterocycles. The van der Waals surface area contributed by atoms with Gasteiger partial charge in [0, 0.05) is 0 Å². The van der Waals surface area contributed by atoms with Crippen molar-refractivity contribution in [2.45, 2.75) is 68.2 Å². The highest BCUT2D eigenvalue weighted by molar-refractivity contribution is 5.76. The Hall–Kier alpha value is -0.530. The summed E-state index contributed by atoms with van der Waals surface area (Å²) in [6, 6.07) is 0. The molecule has 2 unspecified atom stereocenters. The molecule has 0 spiro atoms. The fourth-order valence-electron chi connectivity index (χ4n) is 2.23. The van der Waals surface area contributed by atoms with Gasteiger partial charge in [0.05, 0.1) is 12.0 Å². The van der Waals surface area contributed by atoms with Crippen molar-refractivity contribution in [3.8, 4) is 0 Å². The van der Waals surface area contributed by atoms with Crippen molar-refractivity contribution in [2.75, 3.05) is 6.61 Å². The van der Waals surface area contributed by atoms with E-state index in [9.17, 15) is 4.79 Å². The molecule has 108 valence electrons. The van der Waals surface area contributed by atoms with E-state index >= 15 is 0 Å². The zero-order chi connectivity index (χ0) is 14.6. The molecular formula is C16H32O2. The minimum absolute atomic E-state index is 0.0273. The highest BCUT2D eigenvalue weighted by Crippen LogP contribution is 2.38. The highest BCUT2D eigenvalue weighted by Gasteiger charge is 2.40. The molecule has 2 heteroatoms. The van der Waals surface area contributed by atoms with Crippen LogP contribution in [0.15, 0.2) is 0 Å². The molecule has 0 heterocycles. The van der Waals surface area contributed by atoms with Crippen molar-refractivity contribution < 1.29 is 9.53 Å². The summed E-state index contributed by atoms with van der Waals surface area (Å²) < 4.78 is 5.56. The van der Waals surface area contributed by atoms with E-state index < -0.39 is 0 Å². The van der Waals surface area contributed by atoms with E-state index in [0.717, 1.165) is 12.8 Å². The fourth-order valence-corrected chi connectivity index (χ4v) is 2.23. The molecule has 0 saturated heterocycles. The summed E-state index contributed by atoms with van der Waals surface area (Å²) in [6.07, 6.45) is 1.90. The van der Waals surface area contributed by atoms with Gasteiger partial charge in [0.25, 0.3) is 0 Å². The van der Waals surface area contributed by atoms with Crippen LogP contribution in [0.5, 0.6) is 0 Å². The lowest BCUT2D eigenvalue weighted by molar-refractivity contribution is -0.162. The fraction of sp³-hybridized carbons (Fsp3) is 0.938. The molecule has 2 nitrogen and oxygen atoms in total. The second-order valence-corrected chi connectivity index (χ2v) is 7.46. The Morgan fingerprint density at radius 3 is 1.94 bits per heavy atom. The number of esters is 1. The van der Waals surface area contributed by atoms with Crippen molar-refractivity contribution in [3.05, 3.63) is 0 Å². The van der Waals surface area contributed by atoms with Gasteiger partial charge in [-0.25, -0.2) is 0 Å². The maximum absolute atomic E-state index is 12.4. The summed E-state index contributed by atoms with van der Waals surface area (Å²) in [7, 11) is 0. The zero-order valence-electron chi connectivity index (χ0n) is 13.6. The molecule has 0 bridgehead atoms. The number of hydrogen-bond acceptors (Lipinski definition) is 2. The van der Waals surface area contributed by atoms with Crippen LogP contribution in [-0.2, 0) is 9.53 Å². The first-order chi connectivity index (χ1) is 8.03. The minimum Gasteiger partial charge on any atom is -0.465 e. The van der Waals surface area contributed by atoms with Gasteiger partial charge in [0.2, 0.25) is 0 Å². The molecule has 0 saturated carbocycles. The third-order valence-electron chi connectivity index (χ3n) is 3.63. The van der Waals surface area contributed by atoms with E-state index in [1.54, 1.807) is 0 Å². The topological polar surface area (TPSA) is 26.3 Å². The van der Waals surface area contributed by atoms with E-state index in [1.807, 2.05) is 0 Å². The number of carbonyl (C=O) groups is 1. The lowest BCUT2D eigenvalue weighted by Crippen LogP contribution is -2.38. The molecule has 0 aromatic rings. The van der Waals surface area contributed by atoms with Crippen LogP contribution in [-0.4, -0.2) is 12.6 Å². The van der Waals surface area contributed by atoms with Crippen LogP contribution in [0.2, 0.25) is 0 Å². The third-order valence-corrected chi connectivity index (χ3v) is 3.63. The summed E-state index contributed by atoms with van der Waals surface area (Å²) in [4.78, 5) is 12.4. The number of rotatable bonds is 6. The first-order valence-electron chi connectivity index (χ1n) is 7.20. The van der Waals surface area contributed by atoms with Gasteiger partial charge in [0.1, 0.15) is 0 Å². The standard InChI is InChI=1S/C16H32O2/c1-9-13(4)16(8,10-12(2)3)14(17)18-11-15(5,6)7/h12-13H,9-11H2,1-8H3. The molecule has 0 radical (unpaired) electrons. The van der Waals surface area contributed by atoms with Crippen LogP contribution < -0.4 is 0 Å². The van der Waals surface area contributed by atoms with Gasteiger partial charge in [-0.15, -0.1) is 0 Å². The van der Waals surface area contributed by atoms with Crippen LogP contribution in [0.3, 0.4) is 0 Å². The van der Waals surface area contributed by atoms with Gasteiger partial charge in [-0.2, -0.15) is 0 Å². The van der Waals surface area contributed by atoms with Gasteiger partial charge in [-0.1, -0.05) is 54.9 Å². The second-order valence-electron chi connectivity index (χ2n) is 7.46. The van der Waals surface area contributed by atoms with Gasteiger partial charge < -0.3 is 4.74 Å². The average molecular weight is 256 g/mol. The Bertz CT molecular complexity index is 263. The minimum atomic E-state index is -0.353. The Labute approximate surface area is 113 Å². The normalized spacial score (nSPS) is 17.4. The first-order valence-corrected chi connectivity index (χ1v) is 7.20. The Morgan fingerprint density at radius 2 is 1.61 bits per heavy atom. The largest absolute Gasteiger partial charge is 0.465 e. The average Bonchev–Trinajstić information content (AvgIpc) is 2.22. The van der Waals surface area contributed by atoms with Gasteiger partial charge in [0.15, 0.2) is 0 Å². The third kappa shape index (κ3) is 5.41. The summed E-state index contributed by atoms with van der Waals surface area (Å²) in [5, 5.41) is 0. The van der Waals surface area contributed by atoms with Crippen molar-refractivity contribution in [1.82, 2.24) is 0 Å². The van der Waals surface area contributed by atoms with E-state index in [2.05, 4.69) is 55.4 Å². The molecule has 0 aliphatic heterocycles. The predicted octanol–water partition coefficient (Wildman–Crippen LogP) is 4.67. The molecule has 0 rings (SSSR count). The van der Waals surface area contributed by atoms with Crippen LogP contribution in [0, 0.1) is 22.7 Å². The summed E-state index contributed by atoms with van der Waals surface area (Å²) in [5.41, 5.74) is -0.321. The number of ether oxygens (including phenoxy) is 1. The molecule has 18 heavy (non-hydrogen) atoms. The van der Waals surface area contributed by atoms with Crippen LogP contribution in [0.25, 0.3) is 0 Å². The molecular weight excluding hydrogens is 224 g/mol. The first kappa shape index (κ1) is 17.5. The van der Waals surface area contributed by atoms with Crippen LogP contribution in [0.4, 0.5) is 0 Å². The van der Waals surface area contributed by atoms with E-state index in [4.69, 9.17) is 4.74 Å². The molecule has 0 aliphatic carbocycles. The summed E-state index contributed by atoms with van der Waals surface area (Å²) >= 11 is 0. The molecule has 0 aliphatic rings. The second kappa shape index (κ2) is 6.58. The Balaban J connectivity index is 4.81. The SMILES string of the molecule is CCC(C)C(C)(CC(C)C)C(=O)OCC(C)(C)C. The van der Waals surface area contributed by atoms with Crippen molar-refractivity contribution in [3.63, 3.8) is 0 Å². The molecule has 2 atom stereocenters. The van der Waals surface area contributed by atoms with Gasteiger partial charge in [-0.05, 0) is 30.6 Å². The summed E-state index contributed by atoms with van der Waals surface area (Å²) in [6.45, 7) is 17.4. The summed E-state index contributed by atoms with van der Waals surface area (Å²) in [5.74, 6) is 0.832. The molecule has 0 amide bonds. The number of hydrogen-bond donors (Lipinski definition) is 0. The molecule has 0 fully saturated rings. The molecule has 0 N–H and O–H groups in total. The lowest BCUT2D eigenvalue weighted by atomic mass is 9.71. The smallest absolute Gasteiger partial charge is 0.312 e. The quantitative estimate of drug-likeness (QED) is 0.645. The van der Waals surface area contributed by atoms with Crippen molar-refractivity contribution in [2.24, 2.45) is 22.7 Å². The van der Waals surface area contributed by atoms with Gasteiger partial charge >= 0.3 is 5.97 Å². The lowest BCUT2D eigenvalue weighted by Gasteiger charge is -2.35. The Kier molecular flexibility index (Phi) is 6.39. The van der Waals surface area contributed by atoms with Crippen molar-refractivity contribution in [1.29, 1.82) is 0 Å². The predicted molar refractivity (Wildman–Crippen MR) is 77.4 cm³/mol. The molecule has 0 aromatic carbocycles. The van der Waals surface area contributed by atoms with Crippen LogP contribution in [0.1, 0.15) is 68.2 Å². The maximum atomic E-state index is 12.4. The maximum Gasteiger partial charge on any atom is 0.312 e. The number of carbonyl (C=O) groups excluding carboxylic acids is 1. The monoisotopic (exact) mass is 256 g/mol.